The van der Waals surface area contributed by atoms with E-state index >= 15 is 0 Å². The number of aromatic nitrogens is 4. The summed E-state index contributed by atoms with van der Waals surface area (Å²) in [6.45, 7) is 4.94. The molecular formula is C11H16N4O. The first-order chi connectivity index (χ1) is 7.66. The first-order valence-electron chi connectivity index (χ1n) is 5.31. The molecule has 0 aliphatic rings. The lowest BCUT2D eigenvalue weighted by molar-refractivity contribution is 0.124. The fraction of sp³-hybridized carbons (Fsp3) is 0.455. The quantitative estimate of drug-likeness (QED) is 0.827. The van der Waals surface area contributed by atoms with Gasteiger partial charge in [0.1, 0.15) is 0 Å². The SMILES string of the molecule is Cc1ccnn1CC(O)Cn1nccc1C. The van der Waals surface area contributed by atoms with Crippen molar-refractivity contribution >= 4 is 0 Å². The third-order valence-corrected chi connectivity index (χ3v) is 2.63. The molecule has 2 rings (SSSR count). The smallest absolute Gasteiger partial charge is 0.0931 e. The number of hydrogen-bond donors (Lipinski definition) is 1. The van der Waals surface area contributed by atoms with Crippen LogP contribution in [0.15, 0.2) is 24.5 Å². The van der Waals surface area contributed by atoms with Crippen LogP contribution in [0.4, 0.5) is 0 Å². The van der Waals surface area contributed by atoms with E-state index in [0.717, 1.165) is 11.4 Å². The van der Waals surface area contributed by atoms with Crippen molar-refractivity contribution in [1.82, 2.24) is 19.6 Å². The van der Waals surface area contributed by atoms with E-state index in [-0.39, 0.29) is 0 Å². The predicted octanol–water partition coefficient (Wildman–Crippen LogP) is 0.758. The standard InChI is InChI=1S/C11H16N4O/c1-9-3-5-12-14(9)7-11(16)8-15-10(2)4-6-13-15/h3-6,11,16H,7-8H2,1-2H3. The van der Waals surface area contributed by atoms with Crippen molar-refractivity contribution in [3.8, 4) is 0 Å². The summed E-state index contributed by atoms with van der Waals surface area (Å²) < 4.78 is 3.59. The molecule has 0 spiro atoms. The topological polar surface area (TPSA) is 55.9 Å². The first kappa shape index (κ1) is 10.9. The number of aliphatic hydroxyl groups is 1. The Morgan fingerprint density at radius 1 is 1.06 bits per heavy atom. The fourth-order valence-corrected chi connectivity index (χ4v) is 1.64. The molecule has 0 aliphatic carbocycles. The molecule has 0 radical (unpaired) electrons. The van der Waals surface area contributed by atoms with E-state index in [4.69, 9.17) is 0 Å². The van der Waals surface area contributed by atoms with Gasteiger partial charge in [-0.05, 0) is 26.0 Å². The van der Waals surface area contributed by atoms with Gasteiger partial charge in [-0.2, -0.15) is 10.2 Å². The summed E-state index contributed by atoms with van der Waals surface area (Å²) in [6, 6.07) is 3.84. The molecule has 0 atom stereocenters. The maximum atomic E-state index is 9.92. The number of hydrogen-bond acceptors (Lipinski definition) is 3. The van der Waals surface area contributed by atoms with E-state index in [1.807, 2.05) is 26.0 Å². The molecule has 0 aliphatic heterocycles. The van der Waals surface area contributed by atoms with E-state index in [1.54, 1.807) is 21.8 Å². The molecule has 0 fully saturated rings. The lowest BCUT2D eigenvalue weighted by atomic mass is 10.3. The highest BCUT2D eigenvalue weighted by atomic mass is 16.3. The van der Waals surface area contributed by atoms with Crippen molar-refractivity contribution in [2.75, 3.05) is 0 Å². The minimum Gasteiger partial charge on any atom is -0.389 e. The summed E-state index contributed by atoms with van der Waals surface area (Å²) in [5.74, 6) is 0. The van der Waals surface area contributed by atoms with Crippen LogP contribution in [0.1, 0.15) is 11.4 Å². The Balaban J connectivity index is 1.97. The van der Waals surface area contributed by atoms with Gasteiger partial charge in [-0.25, -0.2) is 0 Å². The van der Waals surface area contributed by atoms with E-state index < -0.39 is 6.10 Å². The molecule has 2 heterocycles. The van der Waals surface area contributed by atoms with E-state index in [2.05, 4.69) is 10.2 Å². The Morgan fingerprint density at radius 3 is 1.81 bits per heavy atom. The van der Waals surface area contributed by atoms with Gasteiger partial charge in [0.25, 0.3) is 0 Å². The maximum Gasteiger partial charge on any atom is 0.0931 e. The Hall–Kier alpha value is -1.62. The van der Waals surface area contributed by atoms with Gasteiger partial charge in [0.05, 0.1) is 19.2 Å². The second-order valence-electron chi connectivity index (χ2n) is 3.96. The number of aliphatic hydroxyl groups excluding tert-OH is 1. The minimum atomic E-state index is -0.475. The molecule has 0 amide bonds. The van der Waals surface area contributed by atoms with Crippen molar-refractivity contribution in [3.05, 3.63) is 35.9 Å². The molecule has 5 nitrogen and oxygen atoms in total. The van der Waals surface area contributed by atoms with Crippen molar-refractivity contribution in [2.45, 2.75) is 33.0 Å². The van der Waals surface area contributed by atoms with Crippen LogP contribution in [0, 0.1) is 13.8 Å². The van der Waals surface area contributed by atoms with Gasteiger partial charge in [0.2, 0.25) is 0 Å². The number of aryl methyl sites for hydroxylation is 2. The van der Waals surface area contributed by atoms with Gasteiger partial charge >= 0.3 is 0 Å². The van der Waals surface area contributed by atoms with Crippen LogP contribution in [0.25, 0.3) is 0 Å². The maximum absolute atomic E-state index is 9.92. The average Bonchev–Trinajstić information content (AvgIpc) is 2.79. The third kappa shape index (κ3) is 2.30. The zero-order valence-corrected chi connectivity index (χ0v) is 9.54. The van der Waals surface area contributed by atoms with Crippen molar-refractivity contribution in [1.29, 1.82) is 0 Å². The highest BCUT2D eigenvalue weighted by molar-refractivity contribution is 4.98. The van der Waals surface area contributed by atoms with Gasteiger partial charge < -0.3 is 5.11 Å². The average molecular weight is 220 g/mol. The lowest BCUT2D eigenvalue weighted by Crippen LogP contribution is -2.24. The van der Waals surface area contributed by atoms with Gasteiger partial charge in [-0.15, -0.1) is 0 Å². The Bertz CT molecular complexity index is 418. The Morgan fingerprint density at radius 2 is 1.50 bits per heavy atom. The molecule has 0 bridgehead atoms. The van der Waals surface area contributed by atoms with E-state index in [9.17, 15) is 5.11 Å². The molecule has 0 saturated heterocycles. The van der Waals surface area contributed by atoms with E-state index in [0.29, 0.717) is 13.1 Å². The largest absolute Gasteiger partial charge is 0.389 e. The molecule has 86 valence electrons. The zero-order valence-electron chi connectivity index (χ0n) is 9.54. The minimum absolute atomic E-state index is 0.475. The summed E-state index contributed by atoms with van der Waals surface area (Å²) in [5, 5.41) is 18.2. The van der Waals surface area contributed by atoms with Gasteiger partial charge in [0, 0.05) is 23.8 Å². The summed E-state index contributed by atoms with van der Waals surface area (Å²) >= 11 is 0. The van der Waals surface area contributed by atoms with E-state index in [1.165, 1.54) is 0 Å². The molecule has 5 heteroatoms. The van der Waals surface area contributed by atoms with Crippen molar-refractivity contribution < 1.29 is 5.11 Å². The van der Waals surface area contributed by atoms with Crippen LogP contribution in [0.5, 0.6) is 0 Å². The van der Waals surface area contributed by atoms with Gasteiger partial charge in [-0.1, -0.05) is 0 Å². The summed E-state index contributed by atoms with van der Waals surface area (Å²) in [7, 11) is 0. The van der Waals surface area contributed by atoms with Crippen LogP contribution in [0.3, 0.4) is 0 Å². The predicted molar refractivity (Wildman–Crippen MR) is 59.9 cm³/mol. The zero-order chi connectivity index (χ0) is 11.5. The van der Waals surface area contributed by atoms with Crippen LogP contribution in [-0.4, -0.2) is 30.8 Å². The van der Waals surface area contributed by atoms with Crippen LogP contribution < -0.4 is 0 Å². The van der Waals surface area contributed by atoms with Crippen LogP contribution in [0.2, 0.25) is 0 Å². The van der Waals surface area contributed by atoms with Crippen molar-refractivity contribution in [2.24, 2.45) is 0 Å². The second-order valence-corrected chi connectivity index (χ2v) is 3.96. The van der Waals surface area contributed by atoms with Crippen molar-refractivity contribution in [3.63, 3.8) is 0 Å². The molecule has 2 aromatic rings. The summed E-state index contributed by atoms with van der Waals surface area (Å²) in [6.07, 6.45) is 3.00. The first-order valence-corrected chi connectivity index (χ1v) is 5.31. The second kappa shape index (κ2) is 4.49. The highest BCUT2D eigenvalue weighted by Gasteiger charge is 2.09. The highest BCUT2D eigenvalue weighted by Crippen LogP contribution is 2.02. The summed E-state index contributed by atoms with van der Waals surface area (Å²) in [5.41, 5.74) is 2.10. The third-order valence-electron chi connectivity index (χ3n) is 2.63. The molecule has 0 aromatic carbocycles. The fourth-order valence-electron chi connectivity index (χ4n) is 1.64. The molecule has 16 heavy (non-hydrogen) atoms. The summed E-state index contributed by atoms with van der Waals surface area (Å²) in [4.78, 5) is 0. The van der Waals surface area contributed by atoms with Gasteiger partial charge in [-0.3, -0.25) is 9.36 Å². The molecule has 1 N–H and O–H groups in total. The van der Waals surface area contributed by atoms with Crippen LogP contribution >= 0.6 is 0 Å². The molecule has 2 aromatic heterocycles. The van der Waals surface area contributed by atoms with Gasteiger partial charge in [0.15, 0.2) is 0 Å². The molecule has 0 unspecified atom stereocenters. The number of rotatable bonds is 4. The number of nitrogens with zero attached hydrogens (tertiary/aromatic N) is 4. The molecular weight excluding hydrogens is 204 g/mol. The molecule has 0 saturated carbocycles. The lowest BCUT2D eigenvalue weighted by Gasteiger charge is -2.13. The monoisotopic (exact) mass is 220 g/mol. The normalized spacial score (nSPS) is 11.2. The Kier molecular flexibility index (Phi) is 3.05. The van der Waals surface area contributed by atoms with Crippen LogP contribution in [-0.2, 0) is 13.1 Å². The Labute approximate surface area is 94.3 Å².